The molecule has 0 aromatic rings. The molecule has 0 spiro atoms. The van der Waals surface area contributed by atoms with E-state index in [1.165, 1.54) is 31.6 Å². The zero-order valence-electron chi connectivity index (χ0n) is 7.42. The van der Waals surface area contributed by atoms with E-state index in [9.17, 15) is 0 Å². The number of nitrogens with one attached hydrogen (secondary N) is 1. The van der Waals surface area contributed by atoms with Crippen LogP contribution in [0.4, 0.5) is 0 Å². The summed E-state index contributed by atoms with van der Waals surface area (Å²) < 4.78 is 5.48. The molecule has 3 heteroatoms. The molecule has 12 heavy (non-hydrogen) atoms. The topological polar surface area (TPSA) is 21.3 Å². The van der Waals surface area contributed by atoms with Crippen molar-refractivity contribution in [1.82, 2.24) is 5.32 Å². The minimum atomic E-state index is 0.680. The molecular formula is C9H17NOS. The average Bonchev–Trinajstić information content (AvgIpc) is 2.21. The van der Waals surface area contributed by atoms with Crippen molar-refractivity contribution in [3.05, 3.63) is 0 Å². The third-order valence-corrected chi connectivity index (χ3v) is 4.02. The Morgan fingerprint density at radius 3 is 3.00 bits per heavy atom. The van der Waals surface area contributed by atoms with E-state index < -0.39 is 0 Å². The van der Waals surface area contributed by atoms with Crippen LogP contribution in [-0.2, 0) is 4.74 Å². The van der Waals surface area contributed by atoms with Gasteiger partial charge in [0.25, 0.3) is 0 Å². The van der Waals surface area contributed by atoms with E-state index in [4.69, 9.17) is 4.74 Å². The molecule has 2 atom stereocenters. The van der Waals surface area contributed by atoms with Gasteiger partial charge in [0.05, 0.1) is 12.0 Å². The zero-order chi connectivity index (χ0) is 8.23. The minimum absolute atomic E-state index is 0.680. The number of rotatable bonds is 1. The van der Waals surface area contributed by atoms with Gasteiger partial charge in [-0.15, -0.1) is 11.8 Å². The highest BCUT2D eigenvalue weighted by atomic mass is 32.2. The van der Waals surface area contributed by atoms with Crippen molar-refractivity contribution in [2.75, 3.05) is 25.5 Å². The summed E-state index contributed by atoms with van der Waals surface area (Å²) in [6, 6.07) is 0. The molecule has 2 heterocycles. The van der Waals surface area contributed by atoms with Crippen molar-refractivity contribution in [1.29, 1.82) is 0 Å². The highest BCUT2D eigenvalue weighted by Gasteiger charge is 2.25. The fourth-order valence-electron chi connectivity index (χ4n) is 1.89. The third-order valence-electron chi connectivity index (χ3n) is 2.59. The molecule has 2 rings (SSSR count). The average molecular weight is 187 g/mol. The first-order valence-electron chi connectivity index (χ1n) is 4.89. The molecule has 2 unspecified atom stereocenters. The first kappa shape index (κ1) is 8.85. The van der Waals surface area contributed by atoms with Crippen LogP contribution in [0.15, 0.2) is 0 Å². The summed E-state index contributed by atoms with van der Waals surface area (Å²) in [5.41, 5.74) is 0. The van der Waals surface area contributed by atoms with Gasteiger partial charge in [0.2, 0.25) is 0 Å². The van der Waals surface area contributed by atoms with E-state index >= 15 is 0 Å². The summed E-state index contributed by atoms with van der Waals surface area (Å²) >= 11 is 2.08. The van der Waals surface area contributed by atoms with Gasteiger partial charge in [-0.2, -0.15) is 0 Å². The predicted octanol–water partition coefficient (Wildman–Crippen LogP) is 1.47. The summed E-state index contributed by atoms with van der Waals surface area (Å²) in [4.78, 5) is 0. The van der Waals surface area contributed by atoms with Gasteiger partial charge >= 0.3 is 0 Å². The van der Waals surface area contributed by atoms with Crippen LogP contribution < -0.4 is 5.32 Å². The van der Waals surface area contributed by atoms with Gasteiger partial charge in [-0.3, -0.25) is 0 Å². The van der Waals surface area contributed by atoms with E-state index in [0.29, 0.717) is 5.37 Å². The Bertz CT molecular complexity index is 114. The van der Waals surface area contributed by atoms with E-state index in [0.717, 1.165) is 19.1 Å². The monoisotopic (exact) mass is 187 g/mol. The molecular weight excluding hydrogens is 170 g/mol. The maximum atomic E-state index is 5.48. The van der Waals surface area contributed by atoms with Gasteiger partial charge in [-0.25, -0.2) is 0 Å². The van der Waals surface area contributed by atoms with Crippen molar-refractivity contribution in [2.45, 2.75) is 24.6 Å². The molecule has 2 aliphatic rings. The van der Waals surface area contributed by atoms with Gasteiger partial charge in [0.15, 0.2) is 0 Å². The molecule has 70 valence electrons. The summed E-state index contributed by atoms with van der Waals surface area (Å²) in [6.07, 6.45) is 3.93. The van der Waals surface area contributed by atoms with Crippen molar-refractivity contribution in [3.8, 4) is 0 Å². The maximum Gasteiger partial charge on any atom is 0.0582 e. The largest absolute Gasteiger partial charge is 0.381 e. The zero-order valence-corrected chi connectivity index (χ0v) is 8.24. The summed E-state index contributed by atoms with van der Waals surface area (Å²) in [5.74, 6) is 2.10. The van der Waals surface area contributed by atoms with Crippen LogP contribution in [0.1, 0.15) is 19.3 Å². The first-order chi connectivity index (χ1) is 5.97. The number of ether oxygens (including phenoxy) is 1. The Hall–Kier alpha value is 0.270. The molecule has 0 aromatic heterocycles. The Kier molecular flexibility index (Phi) is 3.31. The van der Waals surface area contributed by atoms with Crippen molar-refractivity contribution in [3.63, 3.8) is 0 Å². The van der Waals surface area contributed by atoms with Gasteiger partial charge in [0, 0.05) is 12.5 Å². The second kappa shape index (κ2) is 4.49. The van der Waals surface area contributed by atoms with Crippen LogP contribution in [0.5, 0.6) is 0 Å². The van der Waals surface area contributed by atoms with E-state index in [-0.39, 0.29) is 0 Å². The highest BCUT2D eigenvalue weighted by Crippen LogP contribution is 2.27. The Balaban J connectivity index is 1.80. The lowest BCUT2D eigenvalue weighted by Gasteiger charge is -2.33. The molecule has 0 aliphatic carbocycles. The predicted molar refractivity (Wildman–Crippen MR) is 52.4 cm³/mol. The number of hydrogen-bond acceptors (Lipinski definition) is 3. The highest BCUT2D eigenvalue weighted by molar-refractivity contribution is 7.99. The fraction of sp³-hybridized carbons (Fsp3) is 1.00. The molecule has 0 bridgehead atoms. The second-order valence-electron chi connectivity index (χ2n) is 3.58. The standard InChI is InChI=1S/C9H17NOS/c1-3-8(7-11-5-1)9-10-4-2-6-12-9/h8-10H,1-7H2. The molecule has 0 amide bonds. The van der Waals surface area contributed by atoms with Crippen LogP contribution in [0.2, 0.25) is 0 Å². The van der Waals surface area contributed by atoms with Gasteiger partial charge < -0.3 is 10.1 Å². The van der Waals surface area contributed by atoms with Crippen LogP contribution in [-0.4, -0.2) is 30.9 Å². The molecule has 2 nitrogen and oxygen atoms in total. The third kappa shape index (κ3) is 2.15. The van der Waals surface area contributed by atoms with Crippen LogP contribution in [0.25, 0.3) is 0 Å². The van der Waals surface area contributed by atoms with Crippen molar-refractivity contribution >= 4 is 11.8 Å². The normalized spacial score (nSPS) is 38.0. The van der Waals surface area contributed by atoms with Crippen molar-refractivity contribution < 1.29 is 4.74 Å². The van der Waals surface area contributed by atoms with E-state index in [1.807, 2.05) is 0 Å². The van der Waals surface area contributed by atoms with Crippen LogP contribution in [0.3, 0.4) is 0 Å². The molecule has 0 aromatic carbocycles. The lowest BCUT2D eigenvalue weighted by molar-refractivity contribution is 0.0505. The minimum Gasteiger partial charge on any atom is -0.381 e. The lowest BCUT2D eigenvalue weighted by Crippen LogP contribution is -2.41. The lowest BCUT2D eigenvalue weighted by atomic mass is 10.0. The number of thioether (sulfide) groups is 1. The Morgan fingerprint density at radius 1 is 1.33 bits per heavy atom. The van der Waals surface area contributed by atoms with Crippen LogP contribution >= 0.6 is 11.8 Å². The van der Waals surface area contributed by atoms with Gasteiger partial charge in [-0.05, 0) is 31.6 Å². The van der Waals surface area contributed by atoms with E-state index in [2.05, 4.69) is 17.1 Å². The first-order valence-corrected chi connectivity index (χ1v) is 5.94. The summed E-state index contributed by atoms with van der Waals surface area (Å²) in [5, 5.41) is 4.25. The van der Waals surface area contributed by atoms with Crippen LogP contribution in [0, 0.1) is 5.92 Å². The molecule has 2 saturated heterocycles. The SMILES string of the molecule is C1CNC(C2CCCOC2)SC1. The molecule has 2 fully saturated rings. The number of hydrogen-bond donors (Lipinski definition) is 1. The maximum absolute atomic E-state index is 5.48. The Morgan fingerprint density at radius 2 is 2.33 bits per heavy atom. The molecule has 2 aliphatic heterocycles. The summed E-state index contributed by atoms with van der Waals surface area (Å²) in [7, 11) is 0. The Labute approximate surface area is 78.4 Å². The second-order valence-corrected chi connectivity index (χ2v) is 4.83. The fourth-order valence-corrected chi connectivity index (χ4v) is 3.18. The van der Waals surface area contributed by atoms with Crippen molar-refractivity contribution in [2.24, 2.45) is 5.92 Å². The molecule has 1 N–H and O–H groups in total. The molecule has 0 radical (unpaired) electrons. The quantitative estimate of drug-likeness (QED) is 0.671. The van der Waals surface area contributed by atoms with Gasteiger partial charge in [-0.1, -0.05) is 0 Å². The molecule has 0 saturated carbocycles. The van der Waals surface area contributed by atoms with Gasteiger partial charge in [0.1, 0.15) is 0 Å². The van der Waals surface area contributed by atoms with E-state index in [1.54, 1.807) is 0 Å². The summed E-state index contributed by atoms with van der Waals surface area (Å²) in [6.45, 7) is 3.16. The smallest absolute Gasteiger partial charge is 0.0582 e.